The number of aromatic nitrogens is 1. The number of nitrogens with two attached hydrogens (primary N) is 1. The number of aryl methyl sites for hydroxylation is 1. The number of hydrogen-bond donors (Lipinski definition) is 2. The summed E-state index contributed by atoms with van der Waals surface area (Å²) >= 11 is 0. The molecule has 2 aromatic carbocycles. The van der Waals surface area contributed by atoms with Gasteiger partial charge < -0.3 is 10.6 Å². The third kappa shape index (κ3) is 5.35. The molecule has 0 bridgehead atoms. The number of anilines is 2. The number of nitrogens with zero attached hydrogens (tertiary/aromatic N) is 2. The van der Waals surface area contributed by atoms with E-state index in [1.54, 1.807) is 13.8 Å². The molecule has 174 valence electrons. The van der Waals surface area contributed by atoms with Crippen molar-refractivity contribution in [2.24, 2.45) is 5.73 Å². The van der Waals surface area contributed by atoms with Crippen LogP contribution < -0.4 is 15.4 Å². The quantitative estimate of drug-likeness (QED) is 0.503. The topological polar surface area (TPSA) is 105 Å². The first-order chi connectivity index (χ1) is 15.5. The maximum Gasteiger partial charge on any atom is 0.265 e. The molecule has 1 heterocycles. The van der Waals surface area contributed by atoms with Crippen LogP contribution in [0.25, 0.3) is 0 Å². The molecule has 3 rings (SSSR count). The van der Waals surface area contributed by atoms with Crippen LogP contribution in [0.1, 0.15) is 36.6 Å². The fourth-order valence-corrected chi connectivity index (χ4v) is 4.69. The van der Waals surface area contributed by atoms with Gasteiger partial charge in [0.15, 0.2) is 0 Å². The summed E-state index contributed by atoms with van der Waals surface area (Å²) in [6.07, 6.45) is 0. The average molecular weight is 475 g/mol. The average Bonchev–Trinajstić information content (AvgIpc) is 2.75. The van der Waals surface area contributed by atoms with E-state index in [9.17, 15) is 17.6 Å². The number of amides is 1. The van der Waals surface area contributed by atoms with E-state index in [4.69, 9.17) is 5.73 Å². The fourth-order valence-electron chi connectivity index (χ4n) is 3.55. The van der Waals surface area contributed by atoms with Gasteiger partial charge in [-0.3, -0.25) is 9.52 Å². The lowest BCUT2D eigenvalue weighted by Gasteiger charge is -2.30. The van der Waals surface area contributed by atoms with Crippen molar-refractivity contribution in [2.45, 2.75) is 38.3 Å². The second-order valence-electron chi connectivity index (χ2n) is 7.53. The van der Waals surface area contributed by atoms with Gasteiger partial charge in [0, 0.05) is 13.5 Å². The van der Waals surface area contributed by atoms with Gasteiger partial charge in [-0.1, -0.05) is 30.3 Å². The molecule has 0 spiro atoms. The summed E-state index contributed by atoms with van der Waals surface area (Å²) in [5.41, 5.74) is 7.98. The normalized spacial score (nSPS) is 12.3. The molecule has 1 amide bonds. The van der Waals surface area contributed by atoms with E-state index in [0.717, 1.165) is 29.3 Å². The lowest BCUT2D eigenvalue weighted by molar-refractivity contribution is -0.117. The zero-order valence-corrected chi connectivity index (χ0v) is 19.2. The predicted octanol–water partition coefficient (Wildman–Crippen LogP) is 4.04. The van der Waals surface area contributed by atoms with E-state index < -0.39 is 32.7 Å². The minimum Gasteiger partial charge on any atom is -0.326 e. The number of hydrogen-bond acceptors (Lipinski definition) is 5. The first-order valence-electron chi connectivity index (χ1n) is 10.1. The number of nitrogens with one attached hydrogen (secondary N) is 1. The largest absolute Gasteiger partial charge is 0.326 e. The minimum absolute atomic E-state index is 0.230. The highest BCUT2D eigenvalue weighted by molar-refractivity contribution is 7.92. The van der Waals surface area contributed by atoms with E-state index in [2.05, 4.69) is 9.71 Å². The molecule has 0 radical (unpaired) electrons. The number of carbonyl (C=O) groups is 1. The standard InChI is InChI=1S/C23H24F2N4O3S/c1-14-10-21(33(31,32)28-23-9-5-8-22(25)27-23)19(24)12-20(14)29(16(3)30)15(2)18-7-4-6-17(11-18)13-26/h4-12,15H,13,26H2,1-3H3,(H,27,28)/t15-/m1/s1. The molecule has 3 N–H and O–H groups in total. The number of benzene rings is 2. The van der Waals surface area contributed by atoms with E-state index in [0.29, 0.717) is 12.1 Å². The van der Waals surface area contributed by atoms with Crippen LogP contribution in [0, 0.1) is 18.7 Å². The third-order valence-electron chi connectivity index (χ3n) is 5.15. The van der Waals surface area contributed by atoms with Gasteiger partial charge >= 0.3 is 0 Å². The number of sulfonamides is 1. The molecule has 3 aromatic rings. The van der Waals surface area contributed by atoms with Gasteiger partial charge in [-0.2, -0.15) is 4.39 Å². The van der Waals surface area contributed by atoms with E-state index in [1.165, 1.54) is 24.0 Å². The highest BCUT2D eigenvalue weighted by Crippen LogP contribution is 2.33. The van der Waals surface area contributed by atoms with Gasteiger partial charge in [0.2, 0.25) is 11.9 Å². The van der Waals surface area contributed by atoms with Crippen LogP contribution in [0.2, 0.25) is 0 Å². The van der Waals surface area contributed by atoms with Gasteiger partial charge in [0.25, 0.3) is 10.0 Å². The minimum atomic E-state index is -4.40. The zero-order chi connectivity index (χ0) is 24.3. The summed E-state index contributed by atoms with van der Waals surface area (Å²) in [6.45, 7) is 5.04. The lowest BCUT2D eigenvalue weighted by Crippen LogP contribution is -2.32. The molecule has 7 nitrogen and oxygen atoms in total. The van der Waals surface area contributed by atoms with Crippen molar-refractivity contribution >= 4 is 27.4 Å². The monoisotopic (exact) mass is 474 g/mol. The van der Waals surface area contributed by atoms with E-state index in [1.807, 2.05) is 24.3 Å². The summed E-state index contributed by atoms with van der Waals surface area (Å²) in [7, 11) is -4.40. The number of rotatable bonds is 7. The summed E-state index contributed by atoms with van der Waals surface area (Å²) in [5, 5.41) is 0. The Morgan fingerprint density at radius 3 is 2.48 bits per heavy atom. The Morgan fingerprint density at radius 1 is 1.15 bits per heavy atom. The second-order valence-corrected chi connectivity index (χ2v) is 9.19. The maximum atomic E-state index is 15.0. The number of pyridine rings is 1. The van der Waals surface area contributed by atoms with Crippen LogP contribution in [0.15, 0.2) is 59.5 Å². The molecule has 0 saturated carbocycles. The molecule has 0 aliphatic carbocycles. The van der Waals surface area contributed by atoms with Crippen molar-refractivity contribution in [3.63, 3.8) is 0 Å². The molecule has 10 heteroatoms. The Labute approximate surface area is 191 Å². The maximum absolute atomic E-state index is 15.0. The van der Waals surface area contributed by atoms with Crippen LogP contribution in [0.4, 0.5) is 20.3 Å². The Morgan fingerprint density at radius 2 is 1.85 bits per heavy atom. The number of halogens is 2. The predicted molar refractivity (Wildman–Crippen MR) is 122 cm³/mol. The van der Waals surface area contributed by atoms with Crippen molar-refractivity contribution in [1.29, 1.82) is 0 Å². The molecule has 0 fully saturated rings. The van der Waals surface area contributed by atoms with Crippen LogP contribution in [-0.4, -0.2) is 19.3 Å². The van der Waals surface area contributed by atoms with Gasteiger partial charge in [-0.05, 0) is 54.8 Å². The van der Waals surface area contributed by atoms with Crippen molar-refractivity contribution in [2.75, 3.05) is 9.62 Å². The molecule has 1 aromatic heterocycles. The Hall–Kier alpha value is -3.37. The molecular weight excluding hydrogens is 450 g/mol. The van der Waals surface area contributed by atoms with Crippen LogP contribution >= 0.6 is 0 Å². The first kappa shape index (κ1) is 24.3. The Bertz CT molecular complexity index is 1300. The first-order valence-corrected chi connectivity index (χ1v) is 11.6. The zero-order valence-electron chi connectivity index (χ0n) is 18.3. The highest BCUT2D eigenvalue weighted by Gasteiger charge is 2.27. The van der Waals surface area contributed by atoms with Crippen molar-refractivity contribution in [1.82, 2.24) is 4.98 Å². The van der Waals surface area contributed by atoms with Crippen LogP contribution in [0.3, 0.4) is 0 Å². The fraction of sp³-hybridized carbons (Fsp3) is 0.217. The van der Waals surface area contributed by atoms with Crippen LogP contribution in [0.5, 0.6) is 0 Å². The molecule has 0 aliphatic rings. The van der Waals surface area contributed by atoms with Crippen molar-refractivity contribution in [3.8, 4) is 0 Å². The molecule has 0 unspecified atom stereocenters. The van der Waals surface area contributed by atoms with Gasteiger partial charge in [-0.15, -0.1) is 0 Å². The summed E-state index contributed by atoms with van der Waals surface area (Å²) < 4.78 is 55.9. The summed E-state index contributed by atoms with van der Waals surface area (Å²) in [4.78, 5) is 16.7. The van der Waals surface area contributed by atoms with Crippen molar-refractivity contribution in [3.05, 3.63) is 83.1 Å². The Balaban J connectivity index is 2.01. The van der Waals surface area contributed by atoms with E-state index in [-0.39, 0.29) is 17.4 Å². The highest BCUT2D eigenvalue weighted by atomic mass is 32.2. The van der Waals surface area contributed by atoms with Gasteiger partial charge in [0.05, 0.1) is 11.7 Å². The second kappa shape index (κ2) is 9.63. The molecule has 33 heavy (non-hydrogen) atoms. The number of carbonyl (C=O) groups excluding carboxylic acids is 1. The lowest BCUT2D eigenvalue weighted by atomic mass is 10.0. The smallest absolute Gasteiger partial charge is 0.265 e. The SMILES string of the molecule is CC(=O)N(c1cc(F)c(S(=O)(=O)Nc2cccc(F)n2)cc1C)[C@H](C)c1cccc(CN)c1. The van der Waals surface area contributed by atoms with E-state index >= 15 is 4.39 Å². The third-order valence-corrected chi connectivity index (χ3v) is 6.52. The summed E-state index contributed by atoms with van der Waals surface area (Å²) in [5.74, 6) is -2.57. The van der Waals surface area contributed by atoms with Crippen LogP contribution in [-0.2, 0) is 21.4 Å². The van der Waals surface area contributed by atoms with Gasteiger partial charge in [0.1, 0.15) is 16.5 Å². The van der Waals surface area contributed by atoms with Gasteiger partial charge in [-0.25, -0.2) is 17.8 Å². The van der Waals surface area contributed by atoms with Crippen molar-refractivity contribution < 1.29 is 22.0 Å². The molecule has 0 aliphatic heterocycles. The summed E-state index contributed by atoms with van der Waals surface area (Å²) in [6, 6.07) is 12.6. The molecular formula is C23H24F2N4O3S. The molecule has 1 atom stereocenters. The molecule has 0 saturated heterocycles. The Kier molecular flexibility index (Phi) is 7.09.